The lowest BCUT2D eigenvalue weighted by atomic mass is 10.0. The third kappa shape index (κ3) is 2.92. The zero-order chi connectivity index (χ0) is 13.0. The van der Waals surface area contributed by atoms with Gasteiger partial charge >= 0.3 is 0 Å². The molecule has 0 aliphatic carbocycles. The molecule has 0 spiro atoms. The molecule has 18 heavy (non-hydrogen) atoms. The van der Waals surface area contributed by atoms with Crippen molar-refractivity contribution in [2.75, 3.05) is 0 Å². The highest BCUT2D eigenvalue weighted by molar-refractivity contribution is 5.20. The van der Waals surface area contributed by atoms with Crippen LogP contribution in [0.4, 0.5) is 4.39 Å². The molecule has 0 radical (unpaired) electrons. The van der Waals surface area contributed by atoms with Gasteiger partial charge in [-0.15, -0.1) is 0 Å². The molecule has 0 saturated heterocycles. The summed E-state index contributed by atoms with van der Waals surface area (Å²) in [5, 5.41) is 10.1. The van der Waals surface area contributed by atoms with Crippen LogP contribution >= 0.6 is 0 Å². The fourth-order valence-corrected chi connectivity index (χ4v) is 1.95. The summed E-state index contributed by atoms with van der Waals surface area (Å²) in [6.07, 6.45) is 2.41. The maximum absolute atomic E-state index is 12.9. The van der Waals surface area contributed by atoms with Crippen LogP contribution in [-0.2, 0) is 0 Å². The van der Waals surface area contributed by atoms with Crippen molar-refractivity contribution in [1.82, 2.24) is 20.5 Å². The van der Waals surface area contributed by atoms with Crippen LogP contribution in [0.3, 0.4) is 0 Å². The van der Waals surface area contributed by atoms with Crippen molar-refractivity contribution in [3.8, 4) is 0 Å². The molecular weight excluding hydrogens is 231 g/mol. The highest BCUT2D eigenvalue weighted by Gasteiger charge is 2.15. The molecule has 0 bridgehead atoms. The quantitative estimate of drug-likeness (QED) is 0.855. The molecule has 0 amide bonds. The van der Waals surface area contributed by atoms with Crippen LogP contribution in [0.15, 0.2) is 30.6 Å². The van der Waals surface area contributed by atoms with Crippen molar-refractivity contribution in [3.05, 3.63) is 47.8 Å². The lowest BCUT2D eigenvalue weighted by molar-refractivity contribution is 0.443. The first-order valence-corrected chi connectivity index (χ1v) is 6.07. The van der Waals surface area contributed by atoms with E-state index in [0.29, 0.717) is 0 Å². The van der Waals surface area contributed by atoms with E-state index < -0.39 is 0 Å². The van der Waals surface area contributed by atoms with Gasteiger partial charge in [-0.2, -0.15) is 5.10 Å². The van der Waals surface area contributed by atoms with Crippen molar-refractivity contribution in [2.45, 2.75) is 32.4 Å². The van der Waals surface area contributed by atoms with E-state index in [1.807, 2.05) is 19.1 Å². The van der Waals surface area contributed by atoms with E-state index in [0.717, 1.165) is 17.8 Å². The monoisotopic (exact) mass is 248 g/mol. The van der Waals surface area contributed by atoms with Gasteiger partial charge in [0.15, 0.2) is 0 Å². The highest BCUT2D eigenvalue weighted by atomic mass is 19.1. The molecule has 5 heteroatoms. The number of halogens is 1. The van der Waals surface area contributed by atoms with Gasteiger partial charge < -0.3 is 5.32 Å². The van der Waals surface area contributed by atoms with Gasteiger partial charge in [-0.05, 0) is 31.0 Å². The molecule has 0 aliphatic rings. The molecule has 0 fully saturated rings. The van der Waals surface area contributed by atoms with Crippen LogP contribution < -0.4 is 5.32 Å². The molecule has 2 atom stereocenters. The van der Waals surface area contributed by atoms with E-state index in [2.05, 4.69) is 27.4 Å². The molecule has 0 saturated carbocycles. The Morgan fingerprint density at radius 3 is 2.61 bits per heavy atom. The number of aromatic amines is 1. The predicted octanol–water partition coefficient (Wildman–Crippen LogP) is 2.75. The lowest BCUT2D eigenvalue weighted by Gasteiger charge is -2.21. The maximum atomic E-state index is 12.9. The number of benzene rings is 1. The van der Waals surface area contributed by atoms with Crippen molar-refractivity contribution in [1.29, 1.82) is 0 Å². The average Bonchev–Trinajstić information content (AvgIpc) is 2.91. The second kappa shape index (κ2) is 5.73. The SMILES string of the molecule is CCC(NC(C)c1ncn[nH]1)c1ccc(F)cc1. The van der Waals surface area contributed by atoms with Gasteiger partial charge in [-0.25, -0.2) is 9.37 Å². The van der Waals surface area contributed by atoms with Crippen LogP contribution in [-0.4, -0.2) is 15.2 Å². The van der Waals surface area contributed by atoms with Gasteiger partial charge in [0.25, 0.3) is 0 Å². The van der Waals surface area contributed by atoms with Crippen LogP contribution in [0.1, 0.15) is 43.7 Å². The third-order valence-corrected chi connectivity index (χ3v) is 2.98. The Kier molecular flexibility index (Phi) is 4.04. The number of hydrogen-bond donors (Lipinski definition) is 2. The molecule has 0 aliphatic heterocycles. The number of hydrogen-bond acceptors (Lipinski definition) is 3. The molecule has 1 aromatic heterocycles. The first-order valence-electron chi connectivity index (χ1n) is 6.07. The van der Waals surface area contributed by atoms with Crippen LogP contribution in [0.5, 0.6) is 0 Å². The van der Waals surface area contributed by atoms with Crippen molar-refractivity contribution in [3.63, 3.8) is 0 Å². The first kappa shape index (κ1) is 12.7. The Morgan fingerprint density at radius 1 is 1.33 bits per heavy atom. The summed E-state index contributed by atoms with van der Waals surface area (Å²) in [5.74, 6) is 0.590. The number of aromatic nitrogens is 3. The Morgan fingerprint density at radius 2 is 2.06 bits per heavy atom. The molecule has 4 nitrogen and oxygen atoms in total. The van der Waals surface area contributed by atoms with Crippen LogP contribution in [0.25, 0.3) is 0 Å². The molecule has 2 unspecified atom stereocenters. The number of nitrogens with zero attached hydrogens (tertiary/aromatic N) is 2. The summed E-state index contributed by atoms with van der Waals surface area (Å²) < 4.78 is 12.9. The Hall–Kier alpha value is -1.75. The van der Waals surface area contributed by atoms with Gasteiger partial charge in [-0.3, -0.25) is 5.10 Å². The molecule has 96 valence electrons. The normalized spacial score (nSPS) is 14.4. The van der Waals surface area contributed by atoms with E-state index in [9.17, 15) is 4.39 Å². The molecule has 2 rings (SSSR count). The number of H-pyrrole nitrogens is 1. The van der Waals surface area contributed by atoms with Crippen LogP contribution in [0.2, 0.25) is 0 Å². The minimum Gasteiger partial charge on any atom is -0.301 e. The molecule has 2 aromatic rings. The minimum atomic E-state index is -0.211. The fourth-order valence-electron chi connectivity index (χ4n) is 1.95. The zero-order valence-electron chi connectivity index (χ0n) is 10.5. The first-order chi connectivity index (χ1) is 8.70. The van der Waals surface area contributed by atoms with Gasteiger partial charge in [0, 0.05) is 6.04 Å². The summed E-state index contributed by atoms with van der Waals surface area (Å²) in [4.78, 5) is 4.12. The molecular formula is C13H17FN4. The van der Waals surface area contributed by atoms with Crippen molar-refractivity contribution >= 4 is 0 Å². The average molecular weight is 248 g/mol. The maximum Gasteiger partial charge on any atom is 0.141 e. The van der Waals surface area contributed by atoms with Crippen molar-refractivity contribution < 1.29 is 4.39 Å². The summed E-state index contributed by atoms with van der Waals surface area (Å²) >= 11 is 0. The Balaban J connectivity index is 2.07. The predicted molar refractivity (Wildman–Crippen MR) is 67.4 cm³/mol. The van der Waals surface area contributed by atoms with E-state index in [1.165, 1.54) is 18.5 Å². The van der Waals surface area contributed by atoms with E-state index in [1.54, 1.807) is 0 Å². The highest BCUT2D eigenvalue weighted by Crippen LogP contribution is 2.20. The van der Waals surface area contributed by atoms with Gasteiger partial charge in [0.2, 0.25) is 0 Å². The summed E-state index contributed by atoms with van der Waals surface area (Å²) in [6, 6.07) is 6.83. The second-order valence-corrected chi connectivity index (χ2v) is 4.27. The van der Waals surface area contributed by atoms with E-state index >= 15 is 0 Å². The summed E-state index contributed by atoms with van der Waals surface area (Å²) in [5.41, 5.74) is 1.07. The zero-order valence-corrected chi connectivity index (χ0v) is 10.5. The topological polar surface area (TPSA) is 53.6 Å². The lowest BCUT2D eigenvalue weighted by Crippen LogP contribution is -2.25. The van der Waals surface area contributed by atoms with E-state index in [4.69, 9.17) is 0 Å². The molecule has 2 N–H and O–H groups in total. The minimum absolute atomic E-state index is 0.0718. The largest absolute Gasteiger partial charge is 0.301 e. The van der Waals surface area contributed by atoms with Gasteiger partial charge in [-0.1, -0.05) is 19.1 Å². The van der Waals surface area contributed by atoms with E-state index in [-0.39, 0.29) is 17.9 Å². The van der Waals surface area contributed by atoms with Crippen molar-refractivity contribution in [2.24, 2.45) is 0 Å². The van der Waals surface area contributed by atoms with Gasteiger partial charge in [0.05, 0.1) is 6.04 Å². The van der Waals surface area contributed by atoms with Crippen LogP contribution in [0, 0.1) is 5.82 Å². The second-order valence-electron chi connectivity index (χ2n) is 4.27. The number of rotatable bonds is 5. The molecule has 1 aromatic carbocycles. The summed E-state index contributed by atoms with van der Waals surface area (Å²) in [7, 11) is 0. The standard InChI is InChI=1S/C13H17FN4/c1-3-12(10-4-6-11(14)7-5-10)17-9(2)13-15-8-16-18-13/h4-9,12,17H,3H2,1-2H3,(H,15,16,18). The smallest absolute Gasteiger partial charge is 0.141 e. The number of nitrogens with one attached hydrogen (secondary N) is 2. The Labute approximate surface area is 106 Å². The molecule has 1 heterocycles. The summed E-state index contributed by atoms with van der Waals surface area (Å²) in [6.45, 7) is 4.11. The van der Waals surface area contributed by atoms with Gasteiger partial charge in [0.1, 0.15) is 18.0 Å². The fraction of sp³-hybridized carbons (Fsp3) is 0.385. The Bertz CT molecular complexity index is 466. The third-order valence-electron chi connectivity index (χ3n) is 2.98.